The Morgan fingerprint density at radius 1 is 1.35 bits per heavy atom. The van der Waals surface area contributed by atoms with Crippen molar-refractivity contribution in [1.82, 2.24) is 5.32 Å². The molecule has 0 heterocycles. The maximum atomic E-state index is 11.1. The third-order valence-electron chi connectivity index (χ3n) is 3.86. The molecule has 1 atom stereocenters. The molecule has 17 heavy (non-hydrogen) atoms. The topological polar surface area (TPSA) is 49.3 Å². The van der Waals surface area contributed by atoms with Crippen LogP contribution in [-0.4, -0.2) is 23.7 Å². The largest absolute Gasteiger partial charge is 0.478 e. The molecule has 1 fully saturated rings. The average Bonchev–Trinajstić information content (AvgIpc) is 3.06. The van der Waals surface area contributed by atoms with Crippen LogP contribution in [0.3, 0.4) is 0 Å². The van der Waals surface area contributed by atoms with Gasteiger partial charge in [0, 0.05) is 12.6 Å². The van der Waals surface area contributed by atoms with Crippen molar-refractivity contribution in [3.63, 3.8) is 0 Å². The monoisotopic (exact) mass is 231 g/mol. The fraction of sp³-hybridized carbons (Fsp3) is 0.500. The van der Waals surface area contributed by atoms with E-state index < -0.39 is 5.97 Å². The lowest BCUT2D eigenvalue weighted by Gasteiger charge is -2.12. The van der Waals surface area contributed by atoms with Crippen molar-refractivity contribution in [2.24, 2.45) is 0 Å². The van der Waals surface area contributed by atoms with Gasteiger partial charge in [-0.2, -0.15) is 0 Å². The van der Waals surface area contributed by atoms with Gasteiger partial charge in [-0.15, -0.1) is 0 Å². The summed E-state index contributed by atoms with van der Waals surface area (Å²) in [7, 11) is 0. The first-order chi connectivity index (χ1) is 8.25. The Bertz CT molecular complexity index is 452. The average molecular weight is 231 g/mol. The fourth-order valence-corrected chi connectivity index (χ4v) is 2.75. The van der Waals surface area contributed by atoms with Crippen LogP contribution >= 0.6 is 0 Å². The van der Waals surface area contributed by atoms with E-state index in [9.17, 15) is 4.79 Å². The Kier molecular flexibility index (Phi) is 2.63. The number of aromatic carboxylic acids is 1. The minimum atomic E-state index is -0.794. The van der Waals surface area contributed by atoms with Gasteiger partial charge in [-0.05, 0) is 48.8 Å². The molecule has 0 aromatic heterocycles. The Morgan fingerprint density at radius 3 is 2.88 bits per heavy atom. The summed E-state index contributed by atoms with van der Waals surface area (Å²) in [5.74, 6) is -0.289. The van der Waals surface area contributed by atoms with Crippen molar-refractivity contribution in [2.75, 3.05) is 6.54 Å². The van der Waals surface area contributed by atoms with E-state index in [0.717, 1.165) is 31.0 Å². The number of fused-ring (bicyclic) bond motifs is 1. The smallest absolute Gasteiger partial charge is 0.335 e. The highest BCUT2D eigenvalue weighted by Crippen LogP contribution is 2.35. The molecule has 3 nitrogen and oxygen atoms in total. The third-order valence-corrected chi connectivity index (χ3v) is 3.86. The molecule has 0 radical (unpaired) electrons. The van der Waals surface area contributed by atoms with E-state index in [1.54, 1.807) is 6.07 Å². The summed E-state index contributed by atoms with van der Waals surface area (Å²) >= 11 is 0. The molecule has 0 bridgehead atoms. The van der Waals surface area contributed by atoms with Gasteiger partial charge < -0.3 is 10.4 Å². The van der Waals surface area contributed by atoms with E-state index in [4.69, 9.17) is 5.11 Å². The van der Waals surface area contributed by atoms with Crippen LogP contribution < -0.4 is 5.32 Å². The number of rotatable bonds is 4. The zero-order chi connectivity index (χ0) is 11.8. The highest BCUT2D eigenvalue weighted by atomic mass is 16.4. The van der Waals surface area contributed by atoms with E-state index >= 15 is 0 Å². The standard InChI is InChI=1S/C14H17NO2/c16-14(17)13-3-1-2-11-9(4-7-12(11)13)8-15-10-5-6-10/h1-3,9-10,15H,4-8H2,(H,16,17). The van der Waals surface area contributed by atoms with E-state index in [1.807, 2.05) is 6.07 Å². The van der Waals surface area contributed by atoms with Crippen molar-refractivity contribution >= 4 is 5.97 Å². The van der Waals surface area contributed by atoms with Crippen molar-refractivity contribution in [3.8, 4) is 0 Å². The number of carboxylic acids is 1. The second kappa shape index (κ2) is 4.15. The molecule has 1 aromatic carbocycles. The number of hydrogen-bond donors (Lipinski definition) is 2. The normalized spacial score (nSPS) is 22.5. The second-order valence-corrected chi connectivity index (χ2v) is 5.10. The first kappa shape index (κ1) is 10.8. The molecule has 0 saturated heterocycles. The fourth-order valence-electron chi connectivity index (χ4n) is 2.75. The predicted molar refractivity (Wildman–Crippen MR) is 65.5 cm³/mol. The summed E-state index contributed by atoms with van der Waals surface area (Å²) in [5.41, 5.74) is 2.80. The van der Waals surface area contributed by atoms with Crippen LogP contribution in [0.25, 0.3) is 0 Å². The van der Waals surface area contributed by atoms with Crippen LogP contribution in [0.15, 0.2) is 18.2 Å². The molecule has 1 unspecified atom stereocenters. The SMILES string of the molecule is O=C(O)c1cccc2c1CCC2CNC1CC1. The summed E-state index contributed by atoms with van der Waals surface area (Å²) in [6.07, 6.45) is 4.59. The maximum absolute atomic E-state index is 11.1. The zero-order valence-corrected chi connectivity index (χ0v) is 9.78. The van der Waals surface area contributed by atoms with Gasteiger partial charge in [0.15, 0.2) is 0 Å². The van der Waals surface area contributed by atoms with Crippen molar-refractivity contribution in [3.05, 3.63) is 34.9 Å². The van der Waals surface area contributed by atoms with Crippen LogP contribution in [0.1, 0.15) is 46.7 Å². The molecule has 2 aliphatic carbocycles. The molecule has 3 rings (SSSR count). The number of carbonyl (C=O) groups is 1. The molecule has 0 aliphatic heterocycles. The Hall–Kier alpha value is -1.35. The zero-order valence-electron chi connectivity index (χ0n) is 9.78. The van der Waals surface area contributed by atoms with E-state index in [2.05, 4.69) is 11.4 Å². The molecular weight excluding hydrogens is 214 g/mol. The van der Waals surface area contributed by atoms with E-state index in [0.29, 0.717) is 11.5 Å². The summed E-state index contributed by atoms with van der Waals surface area (Å²) < 4.78 is 0. The highest BCUT2D eigenvalue weighted by Gasteiger charge is 2.28. The number of benzene rings is 1. The summed E-state index contributed by atoms with van der Waals surface area (Å²) in [6, 6.07) is 6.41. The maximum Gasteiger partial charge on any atom is 0.335 e. The molecule has 3 heteroatoms. The first-order valence-corrected chi connectivity index (χ1v) is 6.34. The Labute approximate surface area is 101 Å². The number of nitrogens with one attached hydrogen (secondary N) is 1. The van der Waals surface area contributed by atoms with Crippen molar-refractivity contribution in [2.45, 2.75) is 37.6 Å². The number of hydrogen-bond acceptors (Lipinski definition) is 2. The van der Waals surface area contributed by atoms with Gasteiger partial charge in [-0.25, -0.2) is 4.79 Å². The lowest BCUT2D eigenvalue weighted by Crippen LogP contribution is -2.22. The molecule has 1 aromatic rings. The molecule has 0 amide bonds. The Morgan fingerprint density at radius 2 is 2.18 bits per heavy atom. The van der Waals surface area contributed by atoms with Crippen LogP contribution in [0, 0.1) is 0 Å². The van der Waals surface area contributed by atoms with Gasteiger partial charge in [0.2, 0.25) is 0 Å². The molecule has 2 aliphatic rings. The third kappa shape index (κ3) is 2.07. The van der Waals surface area contributed by atoms with Crippen LogP contribution in [0.5, 0.6) is 0 Å². The van der Waals surface area contributed by atoms with Gasteiger partial charge >= 0.3 is 5.97 Å². The lowest BCUT2D eigenvalue weighted by atomic mass is 9.98. The minimum absolute atomic E-state index is 0.497. The Balaban J connectivity index is 1.81. The van der Waals surface area contributed by atoms with Crippen molar-refractivity contribution < 1.29 is 9.90 Å². The van der Waals surface area contributed by atoms with Gasteiger partial charge in [0.1, 0.15) is 0 Å². The summed E-state index contributed by atoms with van der Waals surface area (Å²) in [6.45, 7) is 1.00. The van der Waals surface area contributed by atoms with Gasteiger partial charge in [-0.1, -0.05) is 12.1 Å². The van der Waals surface area contributed by atoms with Crippen LogP contribution in [0.4, 0.5) is 0 Å². The first-order valence-electron chi connectivity index (χ1n) is 6.34. The van der Waals surface area contributed by atoms with E-state index in [-0.39, 0.29) is 0 Å². The molecule has 0 spiro atoms. The summed E-state index contributed by atoms with van der Waals surface area (Å²) in [4.78, 5) is 11.1. The summed E-state index contributed by atoms with van der Waals surface area (Å²) in [5, 5.41) is 12.7. The van der Waals surface area contributed by atoms with Crippen molar-refractivity contribution in [1.29, 1.82) is 0 Å². The quantitative estimate of drug-likeness (QED) is 0.835. The van der Waals surface area contributed by atoms with Crippen LogP contribution in [-0.2, 0) is 6.42 Å². The van der Waals surface area contributed by atoms with Gasteiger partial charge in [0.25, 0.3) is 0 Å². The molecule has 90 valence electrons. The molecule has 2 N–H and O–H groups in total. The molecular formula is C14H17NO2. The van der Waals surface area contributed by atoms with Gasteiger partial charge in [-0.3, -0.25) is 0 Å². The van der Waals surface area contributed by atoms with Gasteiger partial charge in [0.05, 0.1) is 5.56 Å². The van der Waals surface area contributed by atoms with Crippen LogP contribution in [0.2, 0.25) is 0 Å². The highest BCUT2D eigenvalue weighted by molar-refractivity contribution is 5.90. The van der Waals surface area contributed by atoms with E-state index in [1.165, 1.54) is 18.4 Å². The number of carboxylic acid groups (broad SMARTS) is 1. The molecule has 1 saturated carbocycles. The minimum Gasteiger partial charge on any atom is -0.478 e. The lowest BCUT2D eigenvalue weighted by molar-refractivity contribution is 0.0696. The second-order valence-electron chi connectivity index (χ2n) is 5.10. The predicted octanol–water partition coefficient (Wildman–Crippen LogP) is 2.17.